The van der Waals surface area contributed by atoms with Gasteiger partial charge in [-0.05, 0) is 17.7 Å². The number of esters is 1. The summed E-state index contributed by atoms with van der Waals surface area (Å²) in [5.74, 6) is 0.224. The minimum absolute atomic E-state index is 0.331. The van der Waals surface area contributed by atoms with Gasteiger partial charge in [-0.2, -0.15) is 0 Å². The van der Waals surface area contributed by atoms with E-state index in [4.69, 9.17) is 4.74 Å². The number of carbonyl (C=O) groups excluding carboxylic acids is 1. The van der Waals surface area contributed by atoms with E-state index >= 15 is 0 Å². The van der Waals surface area contributed by atoms with Crippen LogP contribution >= 0.6 is 11.3 Å². The highest BCUT2D eigenvalue weighted by Gasteiger charge is 2.17. The van der Waals surface area contributed by atoms with Crippen LogP contribution in [-0.2, 0) is 4.79 Å². The van der Waals surface area contributed by atoms with Crippen LogP contribution in [0.1, 0.15) is 6.92 Å². The molecule has 3 nitrogen and oxygen atoms in total. The van der Waals surface area contributed by atoms with Crippen LogP contribution in [0.3, 0.4) is 0 Å². The summed E-state index contributed by atoms with van der Waals surface area (Å²) >= 11 is 1.58. The first-order valence-corrected chi connectivity index (χ1v) is 6.68. The van der Waals surface area contributed by atoms with E-state index in [0.29, 0.717) is 5.75 Å². The average molecular weight is 269 g/mol. The molecule has 94 valence electrons. The van der Waals surface area contributed by atoms with E-state index in [-0.39, 0.29) is 5.97 Å². The van der Waals surface area contributed by atoms with Gasteiger partial charge in [0, 0.05) is 13.1 Å². The standard InChI is InChI=1S/C15H11NO2S/c1-10(17)18-14-13-12(8-5-9-16-13)19-15(14)11-6-3-2-4-7-11/h2-9H,1H3. The molecule has 0 aliphatic carbocycles. The Labute approximate surface area is 114 Å². The SMILES string of the molecule is CC(=O)Oc1c(-c2ccccc2)sc2cccnc12. The van der Waals surface area contributed by atoms with Crippen LogP contribution in [0.2, 0.25) is 0 Å². The molecule has 0 unspecified atom stereocenters. The van der Waals surface area contributed by atoms with Crippen molar-refractivity contribution < 1.29 is 9.53 Å². The summed E-state index contributed by atoms with van der Waals surface area (Å²) in [6.07, 6.45) is 1.71. The molecular weight excluding hydrogens is 258 g/mol. The lowest BCUT2D eigenvalue weighted by Gasteiger charge is -2.03. The van der Waals surface area contributed by atoms with Crippen molar-refractivity contribution in [2.45, 2.75) is 6.92 Å². The smallest absolute Gasteiger partial charge is 0.308 e. The second kappa shape index (κ2) is 4.82. The molecule has 0 aliphatic heterocycles. The molecule has 19 heavy (non-hydrogen) atoms. The van der Waals surface area contributed by atoms with E-state index < -0.39 is 0 Å². The fourth-order valence-corrected chi connectivity index (χ4v) is 3.02. The monoisotopic (exact) mass is 269 g/mol. The van der Waals surface area contributed by atoms with E-state index in [9.17, 15) is 4.79 Å². The van der Waals surface area contributed by atoms with Crippen LogP contribution < -0.4 is 4.74 Å². The van der Waals surface area contributed by atoms with Crippen molar-refractivity contribution in [1.82, 2.24) is 4.98 Å². The third kappa shape index (κ3) is 2.22. The minimum Gasteiger partial charge on any atom is -0.423 e. The van der Waals surface area contributed by atoms with Crippen LogP contribution in [0, 0.1) is 0 Å². The largest absolute Gasteiger partial charge is 0.423 e. The normalized spacial score (nSPS) is 10.6. The molecule has 1 aromatic carbocycles. The summed E-state index contributed by atoms with van der Waals surface area (Å²) < 4.78 is 6.37. The Kier molecular flexibility index (Phi) is 3.01. The van der Waals surface area contributed by atoms with Crippen LogP contribution in [0.25, 0.3) is 20.7 Å². The number of rotatable bonds is 2. The lowest BCUT2D eigenvalue weighted by molar-refractivity contribution is -0.131. The number of ether oxygens (including phenoxy) is 1. The second-order valence-electron chi connectivity index (χ2n) is 4.07. The highest BCUT2D eigenvalue weighted by Crippen LogP contribution is 2.43. The zero-order chi connectivity index (χ0) is 13.2. The summed E-state index contributed by atoms with van der Waals surface area (Å²) in [5.41, 5.74) is 1.77. The molecule has 2 aromatic heterocycles. The summed E-state index contributed by atoms with van der Waals surface area (Å²) in [6, 6.07) is 13.7. The molecule has 0 N–H and O–H groups in total. The highest BCUT2D eigenvalue weighted by molar-refractivity contribution is 7.22. The van der Waals surface area contributed by atoms with Crippen molar-refractivity contribution in [3.05, 3.63) is 48.7 Å². The Hall–Kier alpha value is -2.20. The van der Waals surface area contributed by atoms with Gasteiger partial charge in [0.15, 0.2) is 5.75 Å². The van der Waals surface area contributed by atoms with Gasteiger partial charge < -0.3 is 4.74 Å². The molecule has 0 radical (unpaired) electrons. The molecule has 2 heterocycles. The number of hydrogen-bond donors (Lipinski definition) is 0. The van der Waals surface area contributed by atoms with Gasteiger partial charge >= 0.3 is 5.97 Å². The number of aromatic nitrogens is 1. The first-order valence-electron chi connectivity index (χ1n) is 5.87. The molecule has 4 heteroatoms. The molecule has 0 spiro atoms. The third-order valence-corrected chi connectivity index (χ3v) is 3.86. The number of hydrogen-bond acceptors (Lipinski definition) is 4. The van der Waals surface area contributed by atoms with Crippen LogP contribution in [0.4, 0.5) is 0 Å². The van der Waals surface area contributed by atoms with Crippen molar-refractivity contribution in [1.29, 1.82) is 0 Å². The van der Waals surface area contributed by atoms with E-state index in [1.54, 1.807) is 17.5 Å². The van der Waals surface area contributed by atoms with Gasteiger partial charge in [-0.15, -0.1) is 11.3 Å². The number of thiophene rings is 1. The lowest BCUT2D eigenvalue weighted by atomic mass is 10.2. The number of fused-ring (bicyclic) bond motifs is 1. The summed E-state index contributed by atoms with van der Waals surface area (Å²) in [5, 5.41) is 0. The van der Waals surface area contributed by atoms with Crippen LogP contribution in [-0.4, -0.2) is 11.0 Å². The quantitative estimate of drug-likeness (QED) is 0.662. The van der Waals surface area contributed by atoms with Crippen molar-refractivity contribution in [2.24, 2.45) is 0 Å². The Morgan fingerprint density at radius 2 is 1.95 bits per heavy atom. The zero-order valence-corrected chi connectivity index (χ0v) is 11.1. The van der Waals surface area contributed by atoms with Crippen molar-refractivity contribution in [2.75, 3.05) is 0 Å². The summed E-state index contributed by atoms with van der Waals surface area (Å²) in [7, 11) is 0. The van der Waals surface area contributed by atoms with Crippen molar-refractivity contribution in [3.8, 4) is 16.2 Å². The Morgan fingerprint density at radius 1 is 1.16 bits per heavy atom. The maximum atomic E-state index is 11.3. The van der Waals surface area contributed by atoms with Gasteiger partial charge in [0.05, 0.1) is 9.58 Å². The van der Waals surface area contributed by atoms with Crippen LogP contribution in [0.5, 0.6) is 5.75 Å². The van der Waals surface area contributed by atoms with Crippen molar-refractivity contribution in [3.63, 3.8) is 0 Å². The summed E-state index contributed by atoms with van der Waals surface area (Å²) in [6.45, 7) is 1.40. The maximum absolute atomic E-state index is 11.3. The van der Waals surface area contributed by atoms with Gasteiger partial charge in [0.2, 0.25) is 0 Å². The molecule has 3 rings (SSSR count). The molecule has 0 saturated carbocycles. The molecule has 0 amide bonds. The topological polar surface area (TPSA) is 39.2 Å². The molecule has 0 aliphatic rings. The van der Waals surface area contributed by atoms with Gasteiger partial charge in [0.25, 0.3) is 0 Å². The van der Waals surface area contributed by atoms with Gasteiger partial charge in [0.1, 0.15) is 5.52 Å². The maximum Gasteiger partial charge on any atom is 0.308 e. The number of nitrogens with zero attached hydrogens (tertiary/aromatic N) is 1. The van der Waals surface area contributed by atoms with E-state index in [0.717, 1.165) is 20.7 Å². The predicted molar refractivity (Wildman–Crippen MR) is 76.4 cm³/mol. The zero-order valence-electron chi connectivity index (χ0n) is 10.3. The van der Waals surface area contributed by atoms with Gasteiger partial charge in [-0.25, -0.2) is 0 Å². The van der Waals surface area contributed by atoms with Gasteiger partial charge in [-0.1, -0.05) is 30.3 Å². The fourth-order valence-electron chi connectivity index (χ4n) is 1.93. The van der Waals surface area contributed by atoms with E-state index in [1.807, 2.05) is 42.5 Å². The molecule has 0 atom stereocenters. The third-order valence-electron chi connectivity index (χ3n) is 2.69. The molecular formula is C15H11NO2S. The van der Waals surface area contributed by atoms with E-state index in [1.165, 1.54) is 6.92 Å². The van der Waals surface area contributed by atoms with Gasteiger partial charge in [-0.3, -0.25) is 9.78 Å². The number of benzene rings is 1. The number of carbonyl (C=O) groups is 1. The molecule has 3 aromatic rings. The highest BCUT2D eigenvalue weighted by atomic mass is 32.1. The second-order valence-corrected chi connectivity index (χ2v) is 5.12. The average Bonchev–Trinajstić information content (AvgIpc) is 2.78. The Bertz CT molecular complexity index is 734. The molecule has 0 fully saturated rings. The first-order chi connectivity index (χ1) is 9.25. The summed E-state index contributed by atoms with van der Waals surface area (Å²) in [4.78, 5) is 16.5. The Balaban J connectivity index is 2.26. The molecule has 0 saturated heterocycles. The van der Waals surface area contributed by atoms with E-state index in [2.05, 4.69) is 4.98 Å². The Morgan fingerprint density at radius 3 is 2.68 bits per heavy atom. The fraction of sp³-hybridized carbons (Fsp3) is 0.0667. The minimum atomic E-state index is -0.331. The molecule has 0 bridgehead atoms. The number of pyridine rings is 1. The lowest BCUT2D eigenvalue weighted by Crippen LogP contribution is -2.01. The van der Waals surface area contributed by atoms with Crippen LogP contribution in [0.15, 0.2) is 48.7 Å². The predicted octanol–water partition coefficient (Wildman–Crippen LogP) is 3.89. The first kappa shape index (κ1) is 11.9. The van der Waals surface area contributed by atoms with Crippen molar-refractivity contribution >= 4 is 27.5 Å².